The molecule has 2 heterocycles. The smallest absolute Gasteiger partial charge is 0.264 e. The summed E-state index contributed by atoms with van der Waals surface area (Å²) in [6.45, 7) is 2.28. The minimum absolute atomic E-state index is 0.0695. The van der Waals surface area contributed by atoms with Gasteiger partial charge in [-0.05, 0) is 68.9 Å². The fourth-order valence-corrected chi connectivity index (χ4v) is 6.87. The highest BCUT2D eigenvalue weighted by Gasteiger charge is 2.47. The first-order chi connectivity index (χ1) is 14.1. The van der Waals surface area contributed by atoms with E-state index in [-0.39, 0.29) is 15.2 Å². The van der Waals surface area contributed by atoms with Gasteiger partial charge in [0, 0.05) is 26.1 Å². The summed E-state index contributed by atoms with van der Waals surface area (Å²) in [5, 5.41) is 0. The van der Waals surface area contributed by atoms with Crippen molar-refractivity contribution in [2.75, 3.05) is 45.1 Å². The van der Waals surface area contributed by atoms with Crippen molar-refractivity contribution in [2.45, 2.75) is 28.0 Å². The average Bonchev–Trinajstić information content (AvgIpc) is 3.05. The maximum Gasteiger partial charge on any atom is 0.264 e. The summed E-state index contributed by atoms with van der Waals surface area (Å²) in [5.74, 6) is 0. The third-order valence-electron chi connectivity index (χ3n) is 6.32. The molecule has 2 aromatic rings. The number of para-hydroxylation sites is 1. The van der Waals surface area contributed by atoms with E-state index in [1.165, 1.54) is 42.7 Å². The second kappa shape index (κ2) is 7.33. The van der Waals surface area contributed by atoms with Gasteiger partial charge in [-0.15, -0.1) is 0 Å². The predicted molar refractivity (Wildman–Crippen MR) is 117 cm³/mol. The molecule has 7 nitrogen and oxygen atoms in total. The zero-order chi connectivity index (χ0) is 21.7. The standard InChI is InChI=1S/C21H27N3O4S2/c1-22(2)29(25,26)17-8-10-18(11-9-17)30(27,28)24-16-21(12-14-23(3)15-13-21)19-6-4-5-7-20(19)24/h4-11H,12-16H2,1-3H3. The van der Waals surface area contributed by atoms with Crippen molar-refractivity contribution in [1.82, 2.24) is 9.21 Å². The molecule has 0 saturated carbocycles. The summed E-state index contributed by atoms with van der Waals surface area (Å²) in [6, 6.07) is 13.2. The van der Waals surface area contributed by atoms with E-state index in [1.807, 2.05) is 24.3 Å². The first kappa shape index (κ1) is 21.3. The number of hydrogen-bond donors (Lipinski definition) is 0. The first-order valence-electron chi connectivity index (χ1n) is 9.91. The van der Waals surface area contributed by atoms with Crippen LogP contribution in [-0.4, -0.2) is 66.8 Å². The number of likely N-dealkylation sites (tertiary alicyclic amines) is 1. The van der Waals surface area contributed by atoms with E-state index in [2.05, 4.69) is 11.9 Å². The van der Waals surface area contributed by atoms with Gasteiger partial charge >= 0.3 is 0 Å². The lowest BCUT2D eigenvalue weighted by Gasteiger charge is -2.38. The van der Waals surface area contributed by atoms with Gasteiger partial charge in [-0.3, -0.25) is 4.31 Å². The molecule has 2 aliphatic rings. The van der Waals surface area contributed by atoms with Crippen LogP contribution in [0.15, 0.2) is 58.3 Å². The molecule has 4 rings (SSSR count). The number of nitrogens with zero attached hydrogens (tertiary/aromatic N) is 3. The lowest BCUT2D eigenvalue weighted by molar-refractivity contribution is 0.198. The molecular weight excluding hydrogens is 422 g/mol. The highest BCUT2D eigenvalue weighted by atomic mass is 32.2. The monoisotopic (exact) mass is 449 g/mol. The third-order valence-corrected chi connectivity index (χ3v) is 9.93. The summed E-state index contributed by atoms with van der Waals surface area (Å²) in [4.78, 5) is 2.44. The summed E-state index contributed by atoms with van der Waals surface area (Å²) in [5.41, 5.74) is 1.64. The maximum absolute atomic E-state index is 13.5. The number of benzene rings is 2. The van der Waals surface area contributed by atoms with Crippen molar-refractivity contribution < 1.29 is 16.8 Å². The van der Waals surface area contributed by atoms with Gasteiger partial charge in [-0.25, -0.2) is 21.1 Å². The van der Waals surface area contributed by atoms with Gasteiger partial charge in [0.05, 0.1) is 15.5 Å². The summed E-state index contributed by atoms with van der Waals surface area (Å²) in [6.07, 6.45) is 1.82. The third kappa shape index (κ3) is 3.33. The van der Waals surface area contributed by atoms with E-state index in [9.17, 15) is 16.8 Å². The highest BCUT2D eigenvalue weighted by Crippen LogP contribution is 2.48. The summed E-state index contributed by atoms with van der Waals surface area (Å²) < 4.78 is 54.3. The SMILES string of the molecule is CN1CCC2(CC1)CN(S(=O)(=O)c1ccc(S(=O)(=O)N(C)C)cc1)c1ccccc12. The number of hydrogen-bond acceptors (Lipinski definition) is 5. The first-order valence-corrected chi connectivity index (χ1v) is 12.8. The highest BCUT2D eigenvalue weighted by molar-refractivity contribution is 7.93. The minimum atomic E-state index is -3.81. The largest absolute Gasteiger partial charge is 0.306 e. The van der Waals surface area contributed by atoms with Crippen LogP contribution in [0.3, 0.4) is 0 Å². The van der Waals surface area contributed by atoms with Crippen LogP contribution < -0.4 is 4.31 Å². The van der Waals surface area contributed by atoms with Crippen molar-refractivity contribution >= 4 is 25.7 Å². The topological polar surface area (TPSA) is 78.0 Å². The van der Waals surface area contributed by atoms with Crippen molar-refractivity contribution in [3.8, 4) is 0 Å². The van der Waals surface area contributed by atoms with Crippen LogP contribution in [0.4, 0.5) is 5.69 Å². The van der Waals surface area contributed by atoms with Gasteiger partial charge in [0.1, 0.15) is 0 Å². The fraction of sp³-hybridized carbons (Fsp3) is 0.429. The van der Waals surface area contributed by atoms with Gasteiger partial charge in [-0.1, -0.05) is 18.2 Å². The number of piperidine rings is 1. The Hall–Kier alpha value is -1.94. The molecule has 0 amide bonds. The Kier molecular flexibility index (Phi) is 5.21. The van der Waals surface area contributed by atoms with E-state index in [0.29, 0.717) is 6.54 Å². The van der Waals surface area contributed by atoms with Gasteiger partial charge in [0.2, 0.25) is 10.0 Å². The molecular formula is C21H27N3O4S2. The zero-order valence-electron chi connectivity index (χ0n) is 17.4. The lowest BCUT2D eigenvalue weighted by Crippen LogP contribution is -2.44. The number of rotatable bonds is 4. The quantitative estimate of drug-likeness (QED) is 0.714. The second-order valence-corrected chi connectivity index (χ2v) is 12.4. The van der Waals surface area contributed by atoms with Crippen LogP contribution in [0.5, 0.6) is 0 Å². The van der Waals surface area contributed by atoms with Gasteiger partial charge in [0.15, 0.2) is 0 Å². The Labute approximate surface area is 179 Å². The van der Waals surface area contributed by atoms with E-state index in [4.69, 9.17) is 0 Å². The van der Waals surface area contributed by atoms with Gasteiger partial charge in [-0.2, -0.15) is 0 Å². The van der Waals surface area contributed by atoms with Crippen LogP contribution in [0, 0.1) is 0 Å². The van der Waals surface area contributed by atoms with Crippen LogP contribution in [0.1, 0.15) is 18.4 Å². The Bertz CT molecular complexity index is 1150. The lowest BCUT2D eigenvalue weighted by atomic mass is 9.74. The Morgan fingerprint density at radius 3 is 2.03 bits per heavy atom. The van der Waals surface area contributed by atoms with E-state index >= 15 is 0 Å². The molecule has 162 valence electrons. The summed E-state index contributed by atoms with van der Waals surface area (Å²) in [7, 11) is -2.44. The van der Waals surface area contributed by atoms with Crippen molar-refractivity contribution in [3.63, 3.8) is 0 Å². The molecule has 1 saturated heterocycles. The van der Waals surface area contributed by atoms with Crippen LogP contribution in [0.2, 0.25) is 0 Å². The average molecular weight is 450 g/mol. The van der Waals surface area contributed by atoms with E-state index < -0.39 is 20.0 Å². The fourth-order valence-electron chi connectivity index (χ4n) is 4.39. The van der Waals surface area contributed by atoms with Gasteiger partial charge < -0.3 is 4.90 Å². The van der Waals surface area contributed by atoms with E-state index in [0.717, 1.165) is 41.5 Å². The van der Waals surface area contributed by atoms with E-state index in [1.54, 1.807) is 0 Å². The van der Waals surface area contributed by atoms with Crippen LogP contribution in [-0.2, 0) is 25.5 Å². The molecule has 30 heavy (non-hydrogen) atoms. The molecule has 0 aromatic heterocycles. The molecule has 0 bridgehead atoms. The molecule has 9 heteroatoms. The molecule has 0 radical (unpaired) electrons. The molecule has 2 aliphatic heterocycles. The maximum atomic E-state index is 13.5. The molecule has 0 N–H and O–H groups in total. The zero-order valence-corrected chi connectivity index (χ0v) is 19.1. The molecule has 1 fully saturated rings. The Morgan fingerprint density at radius 1 is 0.867 bits per heavy atom. The number of fused-ring (bicyclic) bond motifs is 2. The molecule has 0 aliphatic carbocycles. The molecule has 1 spiro atoms. The molecule has 2 aromatic carbocycles. The van der Waals surface area contributed by atoms with Crippen LogP contribution >= 0.6 is 0 Å². The van der Waals surface area contributed by atoms with Crippen LogP contribution in [0.25, 0.3) is 0 Å². The molecule has 0 unspecified atom stereocenters. The van der Waals surface area contributed by atoms with Crippen molar-refractivity contribution in [1.29, 1.82) is 0 Å². The summed E-state index contributed by atoms with van der Waals surface area (Å²) >= 11 is 0. The van der Waals surface area contributed by atoms with Crippen molar-refractivity contribution in [2.24, 2.45) is 0 Å². The minimum Gasteiger partial charge on any atom is -0.306 e. The molecule has 0 atom stereocenters. The number of sulfonamides is 2. The second-order valence-electron chi connectivity index (χ2n) is 8.37. The van der Waals surface area contributed by atoms with Crippen molar-refractivity contribution in [3.05, 3.63) is 54.1 Å². The number of anilines is 1. The Balaban J connectivity index is 1.72. The predicted octanol–water partition coefficient (Wildman–Crippen LogP) is 2.11. The van der Waals surface area contributed by atoms with Gasteiger partial charge in [0.25, 0.3) is 10.0 Å². The normalized spacial score (nSPS) is 19.4. The Morgan fingerprint density at radius 2 is 1.43 bits per heavy atom.